The van der Waals surface area contributed by atoms with E-state index in [9.17, 15) is 10.1 Å². The number of non-ortho nitro benzene ring substituents is 1. The van der Waals surface area contributed by atoms with Gasteiger partial charge in [0.15, 0.2) is 5.82 Å². The summed E-state index contributed by atoms with van der Waals surface area (Å²) in [7, 11) is 0. The topological polar surface area (TPSA) is 73.8 Å². The largest absolute Gasteiger partial charge is 0.310 e. The number of nitro groups is 1. The van der Waals surface area contributed by atoms with E-state index >= 15 is 0 Å². The summed E-state index contributed by atoms with van der Waals surface area (Å²) in [5, 5.41) is 18.4. The average molecular weight is 230 g/mol. The fourth-order valence-electron chi connectivity index (χ4n) is 1.51. The van der Waals surface area contributed by atoms with Gasteiger partial charge in [-0.1, -0.05) is 18.2 Å². The van der Waals surface area contributed by atoms with Crippen LogP contribution < -0.4 is 0 Å². The lowest BCUT2D eigenvalue weighted by Crippen LogP contribution is -1.97. The molecule has 6 nitrogen and oxygen atoms in total. The van der Waals surface area contributed by atoms with E-state index < -0.39 is 4.92 Å². The minimum atomic E-state index is -0.433. The van der Waals surface area contributed by atoms with Crippen LogP contribution in [0.15, 0.2) is 43.2 Å². The minimum absolute atomic E-state index is 0.0376. The Bertz CT molecular complexity index is 562. The van der Waals surface area contributed by atoms with Crippen molar-refractivity contribution in [1.29, 1.82) is 0 Å². The van der Waals surface area contributed by atoms with Gasteiger partial charge >= 0.3 is 0 Å². The van der Waals surface area contributed by atoms with Crippen molar-refractivity contribution in [2.24, 2.45) is 0 Å². The number of nitro benzene ring substituents is 1. The summed E-state index contributed by atoms with van der Waals surface area (Å²) < 4.78 is 1.77. The lowest BCUT2D eigenvalue weighted by Gasteiger charge is -2.02. The minimum Gasteiger partial charge on any atom is -0.310 e. The first-order valence-corrected chi connectivity index (χ1v) is 4.96. The summed E-state index contributed by atoms with van der Waals surface area (Å²) in [5.41, 5.74) is 0.703. The van der Waals surface area contributed by atoms with Gasteiger partial charge < -0.3 is 4.57 Å². The van der Waals surface area contributed by atoms with Gasteiger partial charge in [-0.3, -0.25) is 10.1 Å². The van der Waals surface area contributed by atoms with E-state index in [0.29, 0.717) is 17.9 Å². The number of hydrogen-bond acceptors (Lipinski definition) is 4. The van der Waals surface area contributed by atoms with Crippen LogP contribution in [-0.4, -0.2) is 19.7 Å². The summed E-state index contributed by atoms with van der Waals surface area (Å²) in [5.74, 6) is 0.591. The van der Waals surface area contributed by atoms with Crippen molar-refractivity contribution in [3.8, 4) is 11.4 Å². The zero-order chi connectivity index (χ0) is 12.3. The molecular weight excluding hydrogens is 220 g/mol. The number of allylic oxidation sites excluding steroid dienone is 1. The molecule has 1 aromatic heterocycles. The maximum absolute atomic E-state index is 10.7. The second kappa shape index (κ2) is 4.56. The number of benzene rings is 1. The van der Waals surface area contributed by atoms with Crippen LogP contribution in [0.3, 0.4) is 0 Å². The van der Waals surface area contributed by atoms with Gasteiger partial charge in [0.2, 0.25) is 0 Å². The summed E-state index contributed by atoms with van der Waals surface area (Å²) in [4.78, 5) is 10.2. The molecule has 2 rings (SSSR count). The summed E-state index contributed by atoms with van der Waals surface area (Å²) in [6, 6.07) is 6.30. The van der Waals surface area contributed by atoms with Gasteiger partial charge in [0.05, 0.1) is 4.92 Å². The number of nitrogens with zero attached hydrogens (tertiary/aromatic N) is 4. The van der Waals surface area contributed by atoms with Gasteiger partial charge in [0, 0.05) is 24.2 Å². The first-order valence-electron chi connectivity index (χ1n) is 4.96. The quantitative estimate of drug-likeness (QED) is 0.457. The third-order valence-electron chi connectivity index (χ3n) is 2.26. The third kappa shape index (κ3) is 2.20. The Labute approximate surface area is 97.4 Å². The standard InChI is InChI=1S/C11H10N4O2/c1-2-6-14-8-12-13-11(14)9-4-3-5-10(7-9)15(16)17/h2-5,7-8H,1,6H2. The Morgan fingerprint density at radius 2 is 2.35 bits per heavy atom. The lowest BCUT2D eigenvalue weighted by atomic mass is 10.2. The molecule has 0 aliphatic rings. The molecule has 17 heavy (non-hydrogen) atoms. The van der Waals surface area contributed by atoms with E-state index in [4.69, 9.17) is 0 Å². The van der Waals surface area contributed by atoms with Crippen molar-refractivity contribution < 1.29 is 4.92 Å². The SMILES string of the molecule is C=CCn1cnnc1-c1cccc([N+](=O)[O-])c1. The molecule has 0 amide bonds. The first-order chi connectivity index (χ1) is 8.22. The molecule has 0 bridgehead atoms. The summed E-state index contributed by atoms with van der Waals surface area (Å²) in [6.07, 6.45) is 3.28. The van der Waals surface area contributed by atoms with Gasteiger partial charge in [-0.05, 0) is 0 Å². The van der Waals surface area contributed by atoms with Crippen LogP contribution in [0.2, 0.25) is 0 Å². The van der Waals surface area contributed by atoms with E-state index in [1.54, 1.807) is 29.1 Å². The molecular formula is C11H10N4O2. The highest BCUT2D eigenvalue weighted by Gasteiger charge is 2.11. The van der Waals surface area contributed by atoms with Gasteiger partial charge in [0.1, 0.15) is 6.33 Å². The Kier molecular flexibility index (Phi) is 2.95. The molecule has 2 aromatic rings. The summed E-state index contributed by atoms with van der Waals surface area (Å²) in [6.45, 7) is 4.19. The maximum Gasteiger partial charge on any atom is 0.270 e. The van der Waals surface area contributed by atoms with Crippen molar-refractivity contribution in [1.82, 2.24) is 14.8 Å². The predicted octanol–water partition coefficient (Wildman–Crippen LogP) is 2.04. The monoisotopic (exact) mass is 230 g/mol. The molecule has 0 aliphatic carbocycles. The lowest BCUT2D eigenvalue weighted by molar-refractivity contribution is -0.384. The van der Waals surface area contributed by atoms with Crippen molar-refractivity contribution in [3.05, 3.63) is 53.4 Å². The fraction of sp³-hybridized carbons (Fsp3) is 0.0909. The molecule has 1 heterocycles. The molecule has 86 valence electrons. The fourth-order valence-corrected chi connectivity index (χ4v) is 1.51. The van der Waals surface area contributed by atoms with Crippen molar-refractivity contribution in [3.63, 3.8) is 0 Å². The number of rotatable bonds is 4. The third-order valence-corrected chi connectivity index (χ3v) is 2.26. The zero-order valence-corrected chi connectivity index (χ0v) is 8.98. The van der Waals surface area contributed by atoms with Gasteiger partial charge in [0.25, 0.3) is 5.69 Å². The van der Waals surface area contributed by atoms with Crippen molar-refractivity contribution in [2.45, 2.75) is 6.54 Å². The number of aromatic nitrogens is 3. The molecule has 0 N–H and O–H groups in total. The van der Waals surface area contributed by atoms with Crippen LogP contribution in [0.5, 0.6) is 0 Å². The van der Waals surface area contributed by atoms with E-state index in [0.717, 1.165) is 0 Å². The molecule has 0 fully saturated rings. The molecule has 0 spiro atoms. The molecule has 1 aromatic carbocycles. The molecule has 0 aliphatic heterocycles. The van der Waals surface area contributed by atoms with Crippen LogP contribution in [0.25, 0.3) is 11.4 Å². The molecule has 6 heteroatoms. The predicted molar refractivity (Wildman–Crippen MR) is 62.3 cm³/mol. The van der Waals surface area contributed by atoms with Crippen LogP contribution in [-0.2, 0) is 6.54 Å². The van der Waals surface area contributed by atoms with E-state index in [1.807, 2.05) is 0 Å². The van der Waals surface area contributed by atoms with Crippen molar-refractivity contribution >= 4 is 5.69 Å². The molecule has 0 radical (unpaired) electrons. The molecule has 0 atom stereocenters. The van der Waals surface area contributed by atoms with E-state index in [1.165, 1.54) is 12.1 Å². The summed E-state index contributed by atoms with van der Waals surface area (Å²) >= 11 is 0. The molecule has 0 saturated heterocycles. The smallest absolute Gasteiger partial charge is 0.270 e. The second-order valence-corrected chi connectivity index (χ2v) is 3.40. The van der Waals surface area contributed by atoms with Crippen LogP contribution in [0, 0.1) is 10.1 Å². The maximum atomic E-state index is 10.7. The van der Waals surface area contributed by atoms with Crippen molar-refractivity contribution in [2.75, 3.05) is 0 Å². The number of hydrogen-bond donors (Lipinski definition) is 0. The van der Waals surface area contributed by atoms with Gasteiger partial charge in [-0.15, -0.1) is 16.8 Å². The van der Waals surface area contributed by atoms with E-state index in [-0.39, 0.29) is 5.69 Å². The first kappa shape index (κ1) is 11.0. The van der Waals surface area contributed by atoms with Gasteiger partial charge in [-0.25, -0.2) is 0 Å². The average Bonchev–Trinajstić information content (AvgIpc) is 2.78. The highest BCUT2D eigenvalue weighted by atomic mass is 16.6. The van der Waals surface area contributed by atoms with Crippen LogP contribution in [0.4, 0.5) is 5.69 Å². The molecule has 0 unspecified atom stereocenters. The van der Waals surface area contributed by atoms with E-state index in [2.05, 4.69) is 16.8 Å². The molecule has 0 saturated carbocycles. The van der Waals surface area contributed by atoms with Crippen LogP contribution >= 0.6 is 0 Å². The van der Waals surface area contributed by atoms with Gasteiger partial charge in [-0.2, -0.15) is 0 Å². The Morgan fingerprint density at radius 1 is 1.53 bits per heavy atom. The highest BCUT2D eigenvalue weighted by molar-refractivity contribution is 5.59. The normalized spacial score (nSPS) is 10.1. The Morgan fingerprint density at radius 3 is 3.06 bits per heavy atom. The zero-order valence-electron chi connectivity index (χ0n) is 8.98. The Hall–Kier alpha value is -2.50. The Balaban J connectivity index is 2.45. The van der Waals surface area contributed by atoms with Crippen LogP contribution in [0.1, 0.15) is 0 Å². The second-order valence-electron chi connectivity index (χ2n) is 3.40. The highest BCUT2D eigenvalue weighted by Crippen LogP contribution is 2.21.